The van der Waals surface area contributed by atoms with E-state index in [2.05, 4.69) is 11.9 Å². The molecule has 0 spiro atoms. The van der Waals surface area contributed by atoms with Crippen molar-refractivity contribution in [3.8, 4) is 5.75 Å². The lowest BCUT2D eigenvalue weighted by Crippen LogP contribution is -1.95. The monoisotopic (exact) mass is 261 g/mol. The first kappa shape index (κ1) is 11.8. The highest BCUT2D eigenvalue weighted by atomic mass is 35.5. The third kappa shape index (κ3) is 2.30. The summed E-state index contributed by atoms with van der Waals surface area (Å²) in [5.41, 5.74) is 2.10. The molecule has 0 radical (unpaired) electrons. The first-order valence-electron chi connectivity index (χ1n) is 6.51. The molecule has 1 aliphatic rings. The number of hydrogen-bond acceptors (Lipinski definition) is 2. The summed E-state index contributed by atoms with van der Waals surface area (Å²) in [6, 6.07) is 7.96. The molecule has 3 heteroatoms. The molecule has 0 amide bonds. The predicted octanol–water partition coefficient (Wildman–Crippen LogP) is 4.55. The van der Waals surface area contributed by atoms with Gasteiger partial charge < -0.3 is 4.74 Å². The van der Waals surface area contributed by atoms with Crippen molar-refractivity contribution in [3.63, 3.8) is 0 Å². The average Bonchev–Trinajstić information content (AvgIpc) is 3.20. The smallest absolute Gasteiger partial charge is 0.120 e. The van der Waals surface area contributed by atoms with Gasteiger partial charge in [0.05, 0.1) is 17.1 Å². The summed E-state index contributed by atoms with van der Waals surface area (Å²) in [5, 5.41) is 1.76. The number of aromatic nitrogens is 1. The van der Waals surface area contributed by atoms with Crippen LogP contribution >= 0.6 is 11.6 Å². The molecule has 0 aliphatic heterocycles. The van der Waals surface area contributed by atoms with Gasteiger partial charge in [-0.15, -0.1) is 0 Å². The Morgan fingerprint density at radius 2 is 2.17 bits per heavy atom. The minimum absolute atomic E-state index is 0.628. The quantitative estimate of drug-likeness (QED) is 0.805. The van der Waals surface area contributed by atoms with E-state index in [1.54, 1.807) is 0 Å². The number of ether oxygens (including phenoxy) is 1. The molecule has 0 atom stereocenters. The molecule has 0 unspecified atom stereocenters. The van der Waals surface area contributed by atoms with Crippen LogP contribution in [0.2, 0.25) is 5.02 Å². The van der Waals surface area contributed by atoms with Crippen molar-refractivity contribution in [1.82, 2.24) is 4.98 Å². The Labute approximate surface area is 112 Å². The zero-order chi connectivity index (χ0) is 12.5. The van der Waals surface area contributed by atoms with E-state index in [0.717, 1.165) is 40.4 Å². The molecule has 0 bridgehead atoms. The molecular formula is C15H16ClNO. The highest BCUT2D eigenvalue weighted by Crippen LogP contribution is 2.41. The number of hydrogen-bond donors (Lipinski definition) is 0. The summed E-state index contributed by atoms with van der Waals surface area (Å²) in [6.07, 6.45) is 3.49. The molecule has 94 valence electrons. The normalized spacial score (nSPS) is 15.0. The van der Waals surface area contributed by atoms with Gasteiger partial charge >= 0.3 is 0 Å². The second kappa shape index (κ2) is 4.77. The minimum Gasteiger partial charge on any atom is -0.494 e. The standard InChI is InChI=1S/C15H16ClNO/c1-2-7-18-11-5-6-14-12(8-11)13(16)9-15(17-14)10-3-4-10/h5-6,8-10H,2-4,7H2,1H3. The lowest BCUT2D eigenvalue weighted by molar-refractivity contribution is 0.318. The maximum atomic E-state index is 6.34. The molecule has 18 heavy (non-hydrogen) atoms. The van der Waals surface area contributed by atoms with Crippen LogP contribution in [-0.4, -0.2) is 11.6 Å². The van der Waals surface area contributed by atoms with E-state index >= 15 is 0 Å². The number of rotatable bonds is 4. The molecule has 1 saturated carbocycles. The van der Waals surface area contributed by atoms with Crippen LogP contribution < -0.4 is 4.74 Å². The van der Waals surface area contributed by atoms with Gasteiger partial charge in [-0.3, -0.25) is 4.98 Å². The highest BCUT2D eigenvalue weighted by Gasteiger charge is 2.25. The van der Waals surface area contributed by atoms with Crippen molar-refractivity contribution in [3.05, 3.63) is 35.0 Å². The minimum atomic E-state index is 0.628. The number of fused-ring (bicyclic) bond motifs is 1. The van der Waals surface area contributed by atoms with Crippen LogP contribution in [0.5, 0.6) is 5.75 Å². The van der Waals surface area contributed by atoms with Crippen molar-refractivity contribution < 1.29 is 4.74 Å². The zero-order valence-electron chi connectivity index (χ0n) is 10.4. The van der Waals surface area contributed by atoms with Crippen LogP contribution in [-0.2, 0) is 0 Å². The third-order valence-electron chi connectivity index (χ3n) is 3.22. The lowest BCUT2D eigenvalue weighted by atomic mass is 10.1. The largest absolute Gasteiger partial charge is 0.494 e. The van der Waals surface area contributed by atoms with Crippen molar-refractivity contribution in [2.45, 2.75) is 32.1 Å². The molecule has 2 nitrogen and oxygen atoms in total. The zero-order valence-corrected chi connectivity index (χ0v) is 11.2. The van der Waals surface area contributed by atoms with Crippen molar-refractivity contribution in [2.75, 3.05) is 6.61 Å². The Morgan fingerprint density at radius 3 is 2.89 bits per heavy atom. The molecular weight excluding hydrogens is 246 g/mol. The fraction of sp³-hybridized carbons (Fsp3) is 0.400. The summed E-state index contributed by atoms with van der Waals surface area (Å²) in [5.74, 6) is 1.50. The topological polar surface area (TPSA) is 22.1 Å². The summed E-state index contributed by atoms with van der Waals surface area (Å²) >= 11 is 6.34. The molecule has 1 aromatic carbocycles. The predicted molar refractivity (Wildman–Crippen MR) is 74.5 cm³/mol. The van der Waals surface area contributed by atoms with E-state index in [4.69, 9.17) is 16.3 Å². The third-order valence-corrected chi connectivity index (χ3v) is 3.53. The average molecular weight is 262 g/mol. The van der Waals surface area contributed by atoms with E-state index in [1.807, 2.05) is 24.3 Å². The Bertz CT molecular complexity index is 578. The van der Waals surface area contributed by atoms with E-state index in [1.165, 1.54) is 12.8 Å². The Kier molecular flexibility index (Phi) is 3.13. The van der Waals surface area contributed by atoms with E-state index in [-0.39, 0.29) is 0 Å². The SMILES string of the molecule is CCCOc1ccc2nc(C3CC3)cc(Cl)c2c1. The number of benzene rings is 1. The molecule has 2 aromatic rings. The summed E-state index contributed by atoms with van der Waals surface area (Å²) in [6.45, 7) is 2.83. The van der Waals surface area contributed by atoms with Gasteiger partial charge in [0.25, 0.3) is 0 Å². The Balaban J connectivity index is 2.00. The number of nitrogens with zero attached hydrogens (tertiary/aromatic N) is 1. The first-order chi connectivity index (χ1) is 8.78. The fourth-order valence-corrected chi connectivity index (χ4v) is 2.34. The van der Waals surface area contributed by atoms with Gasteiger partial charge in [-0.2, -0.15) is 0 Å². The van der Waals surface area contributed by atoms with Gasteiger partial charge in [-0.1, -0.05) is 18.5 Å². The van der Waals surface area contributed by atoms with E-state index in [0.29, 0.717) is 5.92 Å². The van der Waals surface area contributed by atoms with E-state index < -0.39 is 0 Å². The number of halogens is 1. The van der Waals surface area contributed by atoms with Gasteiger partial charge in [0.2, 0.25) is 0 Å². The van der Waals surface area contributed by atoms with Crippen LogP contribution in [0.4, 0.5) is 0 Å². The van der Waals surface area contributed by atoms with Crippen molar-refractivity contribution >= 4 is 22.5 Å². The number of pyridine rings is 1. The van der Waals surface area contributed by atoms with Gasteiger partial charge in [0, 0.05) is 17.0 Å². The van der Waals surface area contributed by atoms with Crippen LogP contribution in [0.15, 0.2) is 24.3 Å². The molecule has 1 aliphatic carbocycles. The van der Waals surface area contributed by atoms with Crippen LogP contribution in [0, 0.1) is 0 Å². The Morgan fingerprint density at radius 1 is 1.33 bits per heavy atom. The summed E-state index contributed by atoms with van der Waals surface area (Å²) in [4.78, 5) is 4.68. The van der Waals surface area contributed by atoms with Crippen LogP contribution in [0.25, 0.3) is 10.9 Å². The molecule has 1 fully saturated rings. The van der Waals surface area contributed by atoms with Crippen LogP contribution in [0.3, 0.4) is 0 Å². The second-order valence-corrected chi connectivity index (χ2v) is 5.24. The van der Waals surface area contributed by atoms with Gasteiger partial charge in [-0.25, -0.2) is 0 Å². The highest BCUT2D eigenvalue weighted by molar-refractivity contribution is 6.35. The van der Waals surface area contributed by atoms with Crippen molar-refractivity contribution in [2.24, 2.45) is 0 Å². The molecule has 0 saturated heterocycles. The Hall–Kier alpha value is -1.28. The van der Waals surface area contributed by atoms with Gasteiger partial charge in [0.15, 0.2) is 0 Å². The molecule has 0 N–H and O–H groups in total. The maximum Gasteiger partial charge on any atom is 0.120 e. The first-order valence-corrected chi connectivity index (χ1v) is 6.88. The second-order valence-electron chi connectivity index (χ2n) is 4.83. The molecule has 3 rings (SSSR count). The van der Waals surface area contributed by atoms with Crippen LogP contribution in [0.1, 0.15) is 37.8 Å². The summed E-state index contributed by atoms with van der Waals surface area (Å²) in [7, 11) is 0. The van der Waals surface area contributed by atoms with E-state index in [9.17, 15) is 0 Å². The van der Waals surface area contributed by atoms with Gasteiger partial charge in [0.1, 0.15) is 5.75 Å². The lowest BCUT2D eigenvalue weighted by Gasteiger charge is -2.08. The van der Waals surface area contributed by atoms with Crippen molar-refractivity contribution in [1.29, 1.82) is 0 Å². The summed E-state index contributed by atoms with van der Waals surface area (Å²) < 4.78 is 5.62. The molecule has 1 heterocycles. The maximum absolute atomic E-state index is 6.34. The fourth-order valence-electron chi connectivity index (χ4n) is 2.08. The molecule has 1 aromatic heterocycles. The van der Waals surface area contributed by atoms with Gasteiger partial charge in [-0.05, 0) is 43.5 Å².